The molecule has 1 aliphatic heterocycles. The predicted octanol–water partition coefficient (Wildman–Crippen LogP) is 2.35. The molecular weight excluding hydrogens is 260 g/mol. The molecule has 1 N–H and O–H groups in total. The fourth-order valence-electron chi connectivity index (χ4n) is 1.91. The second-order valence-corrected chi connectivity index (χ2v) is 5.75. The maximum Gasteiger partial charge on any atom is 0.410 e. The van der Waals surface area contributed by atoms with Crippen LogP contribution in [0.1, 0.15) is 33.6 Å². The van der Waals surface area contributed by atoms with Gasteiger partial charge in [0.1, 0.15) is 5.60 Å². The van der Waals surface area contributed by atoms with Crippen LogP contribution < -0.4 is 0 Å². The summed E-state index contributed by atoms with van der Waals surface area (Å²) in [6, 6.07) is 0. The van der Waals surface area contributed by atoms with E-state index in [2.05, 4.69) is 0 Å². The number of carbonyl (C=O) groups excluding carboxylic acids is 1. The summed E-state index contributed by atoms with van der Waals surface area (Å²) in [5, 5.41) is 8.52. The standard InChI is InChI=1S/C12H19F2NO4/c1-11(2,3)19-10(18)15-6-8(4-5-9(16)17)12(13,14)7-15/h8H,4-7H2,1-3H3,(H,16,17). The number of nitrogens with zero attached hydrogens (tertiary/aromatic N) is 1. The Bertz CT molecular complexity index is 365. The molecule has 110 valence electrons. The van der Waals surface area contributed by atoms with Gasteiger partial charge in [0.05, 0.1) is 6.54 Å². The molecule has 1 atom stereocenters. The maximum absolute atomic E-state index is 13.7. The van der Waals surface area contributed by atoms with E-state index < -0.39 is 36.0 Å². The Labute approximate surface area is 110 Å². The summed E-state index contributed by atoms with van der Waals surface area (Å²) in [7, 11) is 0. The summed E-state index contributed by atoms with van der Waals surface area (Å²) in [6.45, 7) is 4.07. The second-order valence-electron chi connectivity index (χ2n) is 5.75. The lowest BCUT2D eigenvalue weighted by Crippen LogP contribution is -2.36. The number of ether oxygens (including phenoxy) is 1. The second kappa shape index (κ2) is 5.30. The lowest BCUT2D eigenvalue weighted by molar-refractivity contribution is -0.137. The molecule has 1 saturated heterocycles. The van der Waals surface area contributed by atoms with Crippen molar-refractivity contribution in [1.82, 2.24) is 4.90 Å². The molecule has 0 saturated carbocycles. The zero-order chi connectivity index (χ0) is 14.8. The normalized spacial score (nSPS) is 22.4. The van der Waals surface area contributed by atoms with Crippen LogP contribution in [-0.4, -0.2) is 46.7 Å². The first-order chi connectivity index (χ1) is 8.51. The molecule has 19 heavy (non-hydrogen) atoms. The van der Waals surface area contributed by atoms with Crippen LogP contribution >= 0.6 is 0 Å². The molecule has 1 aliphatic rings. The number of hydrogen-bond donors (Lipinski definition) is 1. The van der Waals surface area contributed by atoms with E-state index in [-0.39, 0.29) is 19.4 Å². The van der Waals surface area contributed by atoms with Crippen molar-refractivity contribution in [1.29, 1.82) is 0 Å². The van der Waals surface area contributed by atoms with E-state index >= 15 is 0 Å². The third-order valence-corrected chi connectivity index (χ3v) is 2.80. The highest BCUT2D eigenvalue weighted by Crippen LogP contribution is 2.36. The summed E-state index contributed by atoms with van der Waals surface area (Å²) in [5.74, 6) is -5.31. The van der Waals surface area contributed by atoms with E-state index in [1.54, 1.807) is 20.8 Å². The lowest BCUT2D eigenvalue weighted by Gasteiger charge is -2.24. The van der Waals surface area contributed by atoms with Gasteiger partial charge in [-0.15, -0.1) is 0 Å². The number of amides is 1. The van der Waals surface area contributed by atoms with Gasteiger partial charge in [-0.25, -0.2) is 13.6 Å². The number of aliphatic carboxylic acids is 1. The summed E-state index contributed by atoms with van der Waals surface area (Å²) in [6.07, 6.45) is -1.27. The van der Waals surface area contributed by atoms with Gasteiger partial charge >= 0.3 is 12.1 Å². The van der Waals surface area contributed by atoms with Crippen molar-refractivity contribution < 1.29 is 28.2 Å². The van der Waals surface area contributed by atoms with Crippen LogP contribution in [0.2, 0.25) is 0 Å². The Balaban J connectivity index is 2.61. The van der Waals surface area contributed by atoms with E-state index in [4.69, 9.17) is 9.84 Å². The van der Waals surface area contributed by atoms with Gasteiger partial charge in [0.2, 0.25) is 0 Å². The van der Waals surface area contributed by atoms with Gasteiger partial charge in [0, 0.05) is 18.9 Å². The van der Waals surface area contributed by atoms with Crippen LogP contribution in [-0.2, 0) is 9.53 Å². The number of rotatable bonds is 3. The van der Waals surface area contributed by atoms with Crippen LogP contribution in [0.5, 0.6) is 0 Å². The molecule has 0 spiro atoms. The number of carboxylic acid groups (broad SMARTS) is 1. The van der Waals surface area contributed by atoms with Gasteiger partial charge < -0.3 is 14.7 Å². The molecule has 1 amide bonds. The van der Waals surface area contributed by atoms with E-state index in [0.717, 1.165) is 4.90 Å². The van der Waals surface area contributed by atoms with Gasteiger partial charge in [-0.3, -0.25) is 4.79 Å². The average molecular weight is 279 g/mol. The largest absolute Gasteiger partial charge is 0.481 e. The molecule has 1 heterocycles. The summed E-state index contributed by atoms with van der Waals surface area (Å²) in [5.41, 5.74) is -0.745. The minimum atomic E-state index is -3.06. The Hall–Kier alpha value is -1.40. The van der Waals surface area contributed by atoms with Crippen molar-refractivity contribution >= 4 is 12.1 Å². The van der Waals surface area contributed by atoms with Crippen LogP contribution in [0.25, 0.3) is 0 Å². The van der Waals surface area contributed by atoms with Crippen LogP contribution in [0.3, 0.4) is 0 Å². The van der Waals surface area contributed by atoms with Crippen molar-refractivity contribution in [3.8, 4) is 0 Å². The van der Waals surface area contributed by atoms with Crippen molar-refractivity contribution in [2.75, 3.05) is 13.1 Å². The Kier molecular flexibility index (Phi) is 4.37. The predicted molar refractivity (Wildman–Crippen MR) is 63.1 cm³/mol. The first kappa shape index (κ1) is 15.7. The quantitative estimate of drug-likeness (QED) is 0.861. The highest BCUT2D eigenvalue weighted by Gasteiger charge is 2.50. The fourth-order valence-corrected chi connectivity index (χ4v) is 1.91. The molecule has 5 nitrogen and oxygen atoms in total. The molecule has 0 aromatic carbocycles. The van der Waals surface area contributed by atoms with Crippen molar-refractivity contribution in [3.05, 3.63) is 0 Å². The maximum atomic E-state index is 13.7. The number of carbonyl (C=O) groups is 2. The van der Waals surface area contributed by atoms with Gasteiger partial charge in [-0.1, -0.05) is 0 Å². The molecule has 1 rings (SSSR count). The summed E-state index contributed by atoms with van der Waals surface area (Å²) in [4.78, 5) is 23.0. The van der Waals surface area contributed by atoms with Gasteiger partial charge in [-0.2, -0.15) is 0 Å². The molecule has 1 unspecified atom stereocenters. The lowest BCUT2D eigenvalue weighted by atomic mass is 9.99. The molecule has 0 aromatic heterocycles. The Morgan fingerprint density at radius 1 is 1.42 bits per heavy atom. The molecule has 0 aromatic rings. The number of likely N-dealkylation sites (tertiary alicyclic amines) is 1. The number of carboxylic acids is 1. The van der Waals surface area contributed by atoms with E-state index in [9.17, 15) is 18.4 Å². The van der Waals surface area contributed by atoms with Gasteiger partial charge in [0.25, 0.3) is 5.92 Å². The molecule has 0 bridgehead atoms. The average Bonchev–Trinajstić information content (AvgIpc) is 2.48. The summed E-state index contributed by atoms with van der Waals surface area (Å²) < 4.78 is 32.3. The topological polar surface area (TPSA) is 66.8 Å². The minimum absolute atomic E-state index is 0.151. The molecule has 0 aliphatic carbocycles. The van der Waals surface area contributed by atoms with Crippen LogP contribution in [0.15, 0.2) is 0 Å². The molecule has 7 heteroatoms. The van der Waals surface area contributed by atoms with Gasteiger partial charge in [0.15, 0.2) is 0 Å². The van der Waals surface area contributed by atoms with E-state index in [1.165, 1.54) is 0 Å². The highest BCUT2D eigenvalue weighted by molar-refractivity contribution is 5.69. The zero-order valence-corrected chi connectivity index (χ0v) is 11.3. The molecule has 1 fully saturated rings. The SMILES string of the molecule is CC(C)(C)OC(=O)N1CC(CCC(=O)O)C(F)(F)C1. The number of alkyl halides is 2. The third-order valence-electron chi connectivity index (χ3n) is 2.80. The summed E-state index contributed by atoms with van der Waals surface area (Å²) >= 11 is 0. The molecular formula is C12H19F2NO4. The first-order valence-corrected chi connectivity index (χ1v) is 6.09. The van der Waals surface area contributed by atoms with Gasteiger partial charge in [-0.05, 0) is 27.2 Å². The number of hydrogen-bond acceptors (Lipinski definition) is 3. The monoisotopic (exact) mass is 279 g/mol. The smallest absolute Gasteiger partial charge is 0.410 e. The third kappa shape index (κ3) is 4.65. The zero-order valence-electron chi connectivity index (χ0n) is 11.3. The Morgan fingerprint density at radius 2 is 2.00 bits per heavy atom. The fraction of sp³-hybridized carbons (Fsp3) is 0.833. The minimum Gasteiger partial charge on any atom is -0.481 e. The Morgan fingerprint density at radius 3 is 2.47 bits per heavy atom. The van der Waals surface area contributed by atoms with Crippen LogP contribution in [0.4, 0.5) is 13.6 Å². The van der Waals surface area contributed by atoms with E-state index in [0.29, 0.717) is 0 Å². The van der Waals surface area contributed by atoms with E-state index in [1.807, 2.05) is 0 Å². The van der Waals surface area contributed by atoms with Crippen molar-refractivity contribution in [2.45, 2.75) is 45.1 Å². The van der Waals surface area contributed by atoms with Crippen molar-refractivity contribution in [3.63, 3.8) is 0 Å². The highest BCUT2D eigenvalue weighted by atomic mass is 19.3. The first-order valence-electron chi connectivity index (χ1n) is 6.09. The molecule has 0 radical (unpaired) electrons. The number of halogens is 2. The van der Waals surface area contributed by atoms with Crippen LogP contribution in [0, 0.1) is 5.92 Å². The van der Waals surface area contributed by atoms with Crippen molar-refractivity contribution in [2.24, 2.45) is 5.92 Å².